The summed E-state index contributed by atoms with van der Waals surface area (Å²) in [5.41, 5.74) is -0.419. The molecule has 0 spiro atoms. The molecule has 2 N–H and O–H groups in total. The highest BCUT2D eigenvalue weighted by Gasteiger charge is 2.35. The van der Waals surface area contributed by atoms with Gasteiger partial charge in [0.05, 0.1) is 11.7 Å². The summed E-state index contributed by atoms with van der Waals surface area (Å²) in [7, 11) is 0. The third-order valence-corrected chi connectivity index (χ3v) is 3.59. The first-order valence-corrected chi connectivity index (χ1v) is 6.94. The van der Waals surface area contributed by atoms with Gasteiger partial charge in [-0.1, -0.05) is 0 Å². The molecule has 0 radical (unpaired) electrons. The van der Waals surface area contributed by atoms with Crippen LogP contribution in [0, 0.1) is 0 Å². The van der Waals surface area contributed by atoms with Gasteiger partial charge in [-0.2, -0.15) is 18.2 Å². The summed E-state index contributed by atoms with van der Waals surface area (Å²) < 4.78 is 38.1. The van der Waals surface area contributed by atoms with Crippen LogP contribution in [0.5, 0.6) is 0 Å². The summed E-state index contributed by atoms with van der Waals surface area (Å²) in [6.45, 7) is -0.423. The van der Waals surface area contributed by atoms with Crippen molar-refractivity contribution >= 4 is 33.4 Å². The zero-order valence-electron chi connectivity index (χ0n) is 11.1. The minimum absolute atomic E-state index is 0.363. The Bertz CT molecular complexity index is 928. The minimum Gasteiger partial charge on any atom is -0.292 e. The van der Waals surface area contributed by atoms with E-state index in [1.807, 2.05) is 0 Å². The molecular formula is C11H7F3N6O2S. The smallest absolute Gasteiger partial charge is 0.292 e. The van der Waals surface area contributed by atoms with Crippen molar-refractivity contribution in [1.29, 1.82) is 0 Å². The molecule has 3 aromatic heterocycles. The number of hydrogen-bond acceptors (Lipinski definition) is 6. The zero-order valence-corrected chi connectivity index (χ0v) is 11.9. The number of aromatic amines is 1. The van der Waals surface area contributed by atoms with Gasteiger partial charge in [-0.05, 0) is 11.4 Å². The largest absolute Gasteiger partial charge is 0.451 e. The van der Waals surface area contributed by atoms with Crippen molar-refractivity contribution in [3.8, 4) is 0 Å². The molecule has 0 aliphatic rings. The van der Waals surface area contributed by atoms with E-state index in [1.54, 1.807) is 16.5 Å². The zero-order chi connectivity index (χ0) is 16.6. The number of carbonyl (C=O) groups excluding carboxylic acids is 1. The predicted octanol–water partition coefficient (Wildman–Crippen LogP) is 1.23. The Kier molecular flexibility index (Phi) is 3.60. The van der Waals surface area contributed by atoms with Gasteiger partial charge in [-0.15, -0.1) is 16.4 Å². The molecular weight excluding hydrogens is 337 g/mol. The van der Waals surface area contributed by atoms with Gasteiger partial charge in [-0.25, -0.2) is 4.98 Å². The maximum Gasteiger partial charge on any atom is 0.451 e. The number of amides is 1. The maximum atomic E-state index is 12.4. The molecule has 3 rings (SSSR count). The average molecular weight is 344 g/mol. The second-order valence-corrected chi connectivity index (χ2v) is 5.27. The normalized spacial score (nSPS) is 11.8. The number of thiophene rings is 1. The van der Waals surface area contributed by atoms with E-state index in [1.165, 1.54) is 17.7 Å². The fourth-order valence-corrected chi connectivity index (χ4v) is 2.49. The molecule has 0 bridgehead atoms. The monoisotopic (exact) mass is 344 g/mol. The molecule has 23 heavy (non-hydrogen) atoms. The summed E-state index contributed by atoms with van der Waals surface area (Å²) in [5, 5.41) is 9.03. The summed E-state index contributed by atoms with van der Waals surface area (Å²) in [6.07, 6.45) is -3.50. The SMILES string of the molecule is O=C(Cn1cnc2sccc2c1=O)Nc1n[nH]c(C(F)(F)F)n1. The number of halogens is 3. The number of aromatic nitrogens is 5. The van der Waals surface area contributed by atoms with Gasteiger partial charge in [0.25, 0.3) is 5.56 Å². The lowest BCUT2D eigenvalue weighted by molar-refractivity contribution is -0.144. The molecule has 0 atom stereocenters. The number of H-pyrrole nitrogens is 1. The molecule has 120 valence electrons. The van der Waals surface area contributed by atoms with Crippen molar-refractivity contribution in [3.05, 3.63) is 34.0 Å². The Labute approximate surface area is 129 Å². The molecule has 3 aromatic rings. The Morgan fingerprint density at radius 3 is 2.91 bits per heavy atom. The van der Waals surface area contributed by atoms with Crippen LogP contribution in [-0.2, 0) is 17.5 Å². The van der Waals surface area contributed by atoms with Crippen LogP contribution >= 0.6 is 11.3 Å². The van der Waals surface area contributed by atoms with Crippen molar-refractivity contribution in [2.24, 2.45) is 0 Å². The van der Waals surface area contributed by atoms with E-state index >= 15 is 0 Å². The second kappa shape index (κ2) is 5.46. The molecule has 12 heteroatoms. The summed E-state index contributed by atoms with van der Waals surface area (Å²) in [4.78, 5) is 31.5. The van der Waals surface area contributed by atoms with Gasteiger partial charge in [0.15, 0.2) is 0 Å². The number of nitrogens with one attached hydrogen (secondary N) is 2. The van der Waals surface area contributed by atoms with Crippen molar-refractivity contribution in [1.82, 2.24) is 24.7 Å². The molecule has 0 aliphatic heterocycles. The van der Waals surface area contributed by atoms with Crippen molar-refractivity contribution in [3.63, 3.8) is 0 Å². The van der Waals surface area contributed by atoms with Crippen LogP contribution < -0.4 is 10.9 Å². The van der Waals surface area contributed by atoms with E-state index in [4.69, 9.17) is 0 Å². The Morgan fingerprint density at radius 2 is 2.22 bits per heavy atom. The molecule has 3 heterocycles. The fraction of sp³-hybridized carbons (Fsp3) is 0.182. The number of anilines is 1. The van der Waals surface area contributed by atoms with E-state index < -0.39 is 36.0 Å². The summed E-state index contributed by atoms with van der Waals surface area (Å²) >= 11 is 1.28. The van der Waals surface area contributed by atoms with Crippen molar-refractivity contribution in [2.45, 2.75) is 12.7 Å². The van der Waals surface area contributed by atoms with E-state index in [0.29, 0.717) is 10.2 Å². The van der Waals surface area contributed by atoms with Gasteiger partial charge < -0.3 is 0 Å². The van der Waals surface area contributed by atoms with Gasteiger partial charge in [0.1, 0.15) is 11.4 Å². The first kappa shape index (κ1) is 15.1. The maximum absolute atomic E-state index is 12.4. The lowest BCUT2D eigenvalue weighted by Gasteiger charge is -2.04. The van der Waals surface area contributed by atoms with E-state index in [-0.39, 0.29) is 0 Å². The van der Waals surface area contributed by atoms with E-state index in [2.05, 4.69) is 20.4 Å². The van der Waals surface area contributed by atoms with Crippen LogP contribution in [0.3, 0.4) is 0 Å². The van der Waals surface area contributed by atoms with Crippen LogP contribution in [0.2, 0.25) is 0 Å². The van der Waals surface area contributed by atoms with Crippen LogP contribution in [0.4, 0.5) is 19.1 Å². The van der Waals surface area contributed by atoms with Crippen LogP contribution in [-0.4, -0.2) is 30.6 Å². The van der Waals surface area contributed by atoms with Crippen molar-refractivity contribution in [2.75, 3.05) is 5.32 Å². The highest BCUT2D eigenvalue weighted by molar-refractivity contribution is 7.16. The number of alkyl halides is 3. The van der Waals surface area contributed by atoms with Crippen molar-refractivity contribution < 1.29 is 18.0 Å². The molecule has 0 unspecified atom stereocenters. The molecule has 8 nitrogen and oxygen atoms in total. The number of fused-ring (bicyclic) bond motifs is 1. The van der Waals surface area contributed by atoms with Gasteiger partial charge in [0, 0.05) is 0 Å². The first-order chi connectivity index (χ1) is 10.8. The molecule has 0 saturated carbocycles. The minimum atomic E-state index is -4.69. The van der Waals surface area contributed by atoms with Gasteiger partial charge in [0.2, 0.25) is 17.7 Å². The first-order valence-electron chi connectivity index (χ1n) is 6.06. The lowest BCUT2D eigenvalue weighted by atomic mass is 10.4. The summed E-state index contributed by atoms with van der Waals surface area (Å²) in [6, 6.07) is 1.58. The number of carbonyl (C=O) groups is 1. The number of hydrogen-bond donors (Lipinski definition) is 2. The number of rotatable bonds is 3. The average Bonchev–Trinajstić information content (AvgIpc) is 3.10. The van der Waals surface area contributed by atoms with Gasteiger partial charge in [-0.3, -0.25) is 24.6 Å². The van der Waals surface area contributed by atoms with Crippen LogP contribution in [0.1, 0.15) is 5.82 Å². The third-order valence-electron chi connectivity index (χ3n) is 2.77. The molecule has 1 amide bonds. The lowest BCUT2D eigenvalue weighted by Crippen LogP contribution is -2.27. The third kappa shape index (κ3) is 3.06. The van der Waals surface area contributed by atoms with E-state index in [9.17, 15) is 22.8 Å². The molecule has 0 fully saturated rings. The second-order valence-electron chi connectivity index (χ2n) is 4.37. The standard InChI is InChI=1S/C11H7F3N6O2S/c12-11(13,14)9-17-10(19-18-9)16-6(21)3-20-4-15-7-5(8(20)22)1-2-23-7/h1-2,4H,3H2,(H2,16,17,18,19,21). The topological polar surface area (TPSA) is 106 Å². The van der Waals surface area contributed by atoms with Crippen LogP contribution in [0.15, 0.2) is 22.6 Å². The molecule has 0 aliphatic carbocycles. The summed E-state index contributed by atoms with van der Waals surface area (Å²) in [5.74, 6) is -2.61. The van der Waals surface area contributed by atoms with Gasteiger partial charge >= 0.3 is 6.18 Å². The predicted molar refractivity (Wildman–Crippen MR) is 73.9 cm³/mol. The Balaban J connectivity index is 1.75. The molecule has 0 saturated heterocycles. The Morgan fingerprint density at radius 1 is 1.43 bits per heavy atom. The highest BCUT2D eigenvalue weighted by Crippen LogP contribution is 2.26. The quantitative estimate of drug-likeness (QED) is 0.743. The fourth-order valence-electron chi connectivity index (χ4n) is 1.77. The molecule has 0 aromatic carbocycles. The number of nitrogens with zero attached hydrogens (tertiary/aromatic N) is 4. The van der Waals surface area contributed by atoms with E-state index in [0.717, 1.165) is 4.57 Å². The highest BCUT2D eigenvalue weighted by atomic mass is 32.1. The van der Waals surface area contributed by atoms with Crippen LogP contribution in [0.25, 0.3) is 10.2 Å². The Hall–Kier alpha value is -2.76.